The van der Waals surface area contributed by atoms with Crippen molar-refractivity contribution in [3.63, 3.8) is 0 Å². The first-order valence-electron chi connectivity index (χ1n) is 12.4. The minimum Gasteiger partial charge on any atom is -0.494 e. The number of hydrogen-bond donors (Lipinski definition) is 1. The maximum Gasteiger partial charge on any atom is 0.355 e. The van der Waals surface area contributed by atoms with Gasteiger partial charge in [-0.15, -0.1) is 0 Å². The van der Waals surface area contributed by atoms with Gasteiger partial charge in [-0.2, -0.15) is 0 Å². The summed E-state index contributed by atoms with van der Waals surface area (Å²) in [5, 5.41) is 3.15. The van der Waals surface area contributed by atoms with E-state index in [2.05, 4.69) is 5.32 Å². The van der Waals surface area contributed by atoms with Gasteiger partial charge in [0, 0.05) is 18.0 Å². The minimum atomic E-state index is -0.690. The lowest BCUT2D eigenvalue weighted by Crippen LogP contribution is -2.51. The Labute approximate surface area is 211 Å². The Morgan fingerprint density at radius 3 is 2.14 bits per heavy atom. The van der Waals surface area contributed by atoms with E-state index in [1.807, 2.05) is 0 Å². The second-order valence-corrected chi connectivity index (χ2v) is 10.4. The maximum absolute atomic E-state index is 13.6. The molecule has 0 spiro atoms. The van der Waals surface area contributed by atoms with Crippen LogP contribution in [0.5, 0.6) is 5.75 Å². The molecule has 6 rings (SSSR count). The van der Waals surface area contributed by atoms with E-state index < -0.39 is 11.9 Å². The van der Waals surface area contributed by atoms with Crippen molar-refractivity contribution in [1.82, 2.24) is 0 Å². The highest BCUT2D eigenvalue weighted by Crippen LogP contribution is 2.60. The van der Waals surface area contributed by atoms with Gasteiger partial charge in [0.1, 0.15) is 11.4 Å². The number of amides is 1. The molecule has 1 N–H and O–H groups in total. The van der Waals surface area contributed by atoms with Gasteiger partial charge in [-0.05, 0) is 80.6 Å². The summed E-state index contributed by atoms with van der Waals surface area (Å²) < 4.78 is 15.5. The first-order chi connectivity index (χ1) is 17.4. The highest BCUT2D eigenvalue weighted by atomic mass is 16.5. The van der Waals surface area contributed by atoms with Crippen LogP contribution in [0, 0.1) is 23.2 Å². The van der Waals surface area contributed by atoms with E-state index in [0.717, 1.165) is 19.3 Å². The number of nitrogens with zero attached hydrogens (tertiary/aromatic N) is 1. The highest BCUT2D eigenvalue weighted by Gasteiger charge is 2.54. The smallest absolute Gasteiger partial charge is 0.355 e. The highest BCUT2D eigenvalue weighted by molar-refractivity contribution is 6.05. The molecule has 8 nitrogen and oxygen atoms in total. The molecule has 4 bridgehead atoms. The Bertz CT molecular complexity index is 1150. The summed E-state index contributed by atoms with van der Waals surface area (Å²) in [6, 6.07) is 5.26. The van der Waals surface area contributed by atoms with Crippen molar-refractivity contribution < 1.29 is 28.6 Å². The van der Waals surface area contributed by atoms with E-state index in [-0.39, 0.29) is 22.6 Å². The third kappa shape index (κ3) is 4.18. The quantitative estimate of drug-likeness (QED) is 0.591. The third-order valence-corrected chi connectivity index (χ3v) is 8.12. The molecule has 8 heteroatoms. The number of esters is 2. The molecule has 0 atom stereocenters. The topological polar surface area (TPSA) is 94.2 Å². The van der Waals surface area contributed by atoms with Crippen LogP contribution in [0.25, 0.3) is 0 Å². The van der Waals surface area contributed by atoms with Crippen molar-refractivity contribution in [3.05, 3.63) is 53.9 Å². The van der Waals surface area contributed by atoms with Crippen LogP contribution in [-0.2, 0) is 23.9 Å². The molecule has 0 saturated heterocycles. The Balaban J connectivity index is 1.45. The number of ether oxygens (including phenoxy) is 3. The zero-order chi connectivity index (χ0) is 25.4. The molecule has 4 fully saturated rings. The molecule has 0 radical (unpaired) electrons. The summed E-state index contributed by atoms with van der Waals surface area (Å²) in [4.78, 5) is 40.3. The van der Waals surface area contributed by atoms with E-state index in [9.17, 15) is 14.4 Å². The van der Waals surface area contributed by atoms with Crippen molar-refractivity contribution >= 4 is 29.2 Å². The van der Waals surface area contributed by atoms with Crippen molar-refractivity contribution in [3.8, 4) is 5.75 Å². The van der Waals surface area contributed by atoms with Gasteiger partial charge in [-0.3, -0.25) is 4.79 Å². The number of hydrogen-bond acceptors (Lipinski definition) is 7. The Hall–Kier alpha value is -3.55. The van der Waals surface area contributed by atoms with Gasteiger partial charge in [0.15, 0.2) is 0 Å². The number of carbonyl (C=O) groups excluding carboxylic acids is 3. The lowest BCUT2D eigenvalue weighted by Gasteiger charge is -2.55. The molecule has 36 heavy (non-hydrogen) atoms. The molecule has 1 heterocycles. The number of rotatable bonds is 6. The lowest BCUT2D eigenvalue weighted by molar-refractivity contribution is -0.140. The van der Waals surface area contributed by atoms with Crippen molar-refractivity contribution in [2.24, 2.45) is 23.2 Å². The van der Waals surface area contributed by atoms with Gasteiger partial charge in [0.25, 0.3) is 0 Å². The predicted molar refractivity (Wildman–Crippen MR) is 134 cm³/mol. The number of carbonyl (C=O) groups is 3. The van der Waals surface area contributed by atoms with E-state index in [1.54, 1.807) is 41.5 Å². The number of allylic oxidation sites excluding steroid dienone is 2. The van der Waals surface area contributed by atoms with Crippen LogP contribution in [0.1, 0.15) is 38.5 Å². The summed E-state index contributed by atoms with van der Waals surface area (Å²) in [5.74, 6) is 1.19. The second kappa shape index (κ2) is 9.48. The van der Waals surface area contributed by atoms with E-state index in [4.69, 9.17) is 14.2 Å². The number of methoxy groups -OCH3 is 3. The average molecular weight is 493 g/mol. The van der Waals surface area contributed by atoms with Crippen LogP contribution in [-0.4, -0.2) is 39.2 Å². The maximum atomic E-state index is 13.6. The normalized spacial score (nSPS) is 28.1. The first kappa shape index (κ1) is 24.2. The summed E-state index contributed by atoms with van der Waals surface area (Å²) in [7, 11) is 4.05. The minimum absolute atomic E-state index is 0.0155. The molecule has 4 aliphatic carbocycles. The van der Waals surface area contributed by atoms with Crippen LogP contribution in [0.15, 0.2) is 53.9 Å². The average Bonchev–Trinajstić information content (AvgIpc) is 3.10. The Kier molecular flexibility index (Phi) is 6.36. The zero-order valence-corrected chi connectivity index (χ0v) is 20.9. The summed E-state index contributed by atoms with van der Waals surface area (Å²) in [6.07, 6.45) is 13.2. The Morgan fingerprint density at radius 1 is 0.917 bits per heavy atom. The van der Waals surface area contributed by atoms with Crippen LogP contribution >= 0.6 is 0 Å². The molecule has 1 aliphatic heterocycles. The van der Waals surface area contributed by atoms with Crippen molar-refractivity contribution in [2.75, 3.05) is 31.5 Å². The van der Waals surface area contributed by atoms with Crippen LogP contribution in [0.4, 0.5) is 11.4 Å². The van der Waals surface area contributed by atoms with Gasteiger partial charge in [-0.25, -0.2) is 9.59 Å². The van der Waals surface area contributed by atoms with Gasteiger partial charge >= 0.3 is 11.9 Å². The van der Waals surface area contributed by atoms with Crippen LogP contribution in [0.3, 0.4) is 0 Å². The van der Waals surface area contributed by atoms with Gasteiger partial charge in [-0.1, -0.05) is 6.08 Å². The summed E-state index contributed by atoms with van der Waals surface area (Å²) in [6.45, 7) is 0. The Morgan fingerprint density at radius 2 is 1.56 bits per heavy atom. The fourth-order valence-corrected chi connectivity index (χ4v) is 6.94. The molecule has 0 aromatic heterocycles. The first-order valence-corrected chi connectivity index (χ1v) is 12.4. The molecule has 0 unspecified atom stereocenters. The van der Waals surface area contributed by atoms with Gasteiger partial charge < -0.3 is 24.4 Å². The molecule has 190 valence electrons. The van der Waals surface area contributed by atoms with E-state index >= 15 is 0 Å². The third-order valence-electron chi connectivity index (χ3n) is 8.12. The molecular weight excluding hydrogens is 460 g/mol. The van der Waals surface area contributed by atoms with Crippen molar-refractivity contribution in [2.45, 2.75) is 38.5 Å². The molecule has 1 amide bonds. The van der Waals surface area contributed by atoms with E-state index in [0.29, 0.717) is 34.9 Å². The van der Waals surface area contributed by atoms with Crippen LogP contribution in [0.2, 0.25) is 0 Å². The summed E-state index contributed by atoms with van der Waals surface area (Å²) in [5.41, 5.74) is 0.930. The van der Waals surface area contributed by atoms with Gasteiger partial charge in [0.2, 0.25) is 5.91 Å². The standard InChI is InChI=1S/C28H32N2O6/c1-34-23-13-20(30-9-5-4-6-21(25(31)35-2)24(30)26(32)36-3)7-8-22(23)29-27(33)28-14-17-10-18(15-28)12-19(11-17)16-28/h4-9,13,17-19H,10-12,14-16H2,1-3H3,(H,29,33). The lowest BCUT2D eigenvalue weighted by atomic mass is 9.49. The van der Waals surface area contributed by atoms with E-state index in [1.165, 1.54) is 46.7 Å². The number of nitrogens with one attached hydrogen (secondary N) is 1. The molecule has 4 saturated carbocycles. The van der Waals surface area contributed by atoms with Crippen molar-refractivity contribution in [1.29, 1.82) is 0 Å². The second-order valence-electron chi connectivity index (χ2n) is 10.4. The monoisotopic (exact) mass is 492 g/mol. The largest absolute Gasteiger partial charge is 0.494 e. The molecule has 1 aromatic carbocycles. The zero-order valence-electron chi connectivity index (χ0n) is 20.9. The molecular formula is C28H32N2O6. The SMILES string of the molecule is COC(=O)C1=C(C(=O)OC)N(c2ccc(NC(=O)C34CC5CC(CC(C5)C3)C4)c(OC)c2)C=CC=C1. The fourth-order valence-electron chi connectivity index (χ4n) is 6.94. The van der Waals surface area contributed by atoms with Gasteiger partial charge in [0.05, 0.1) is 38.0 Å². The number of anilines is 2. The number of benzene rings is 1. The van der Waals surface area contributed by atoms with Crippen LogP contribution < -0.4 is 15.0 Å². The summed E-state index contributed by atoms with van der Waals surface area (Å²) >= 11 is 0. The molecule has 5 aliphatic rings. The molecule has 1 aromatic rings. The fraction of sp³-hybridized carbons (Fsp3) is 0.464. The predicted octanol–water partition coefficient (Wildman–Crippen LogP) is 4.34.